The Hall–Kier alpha value is -4.93. The van der Waals surface area contributed by atoms with Crippen LogP contribution in [0.15, 0.2) is 72.8 Å². The molecule has 0 radical (unpaired) electrons. The molecule has 11 heteroatoms. The van der Waals surface area contributed by atoms with Crippen molar-refractivity contribution in [3.05, 3.63) is 89.7 Å². The maximum atomic E-state index is 14.4. The molecule has 0 spiro atoms. The van der Waals surface area contributed by atoms with E-state index in [1.807, 2.05) is 32.9 Å². The van der Waals surface area contributed by atoms with Crippen LogP contribution in [0.3, 0.4) is 0 Å². The summed E-state index contributed by atoms with van der Waals surface area (Å²) in [5, 5.41) is 2.83. The summed E-state index contributed by atoms with van der Waals surface area (Å²) in [6, 6.07) is 19.0. The van der Waals surface area contributed by atoms with Crippen molar-refractivity contribution in [1.82, 2.24) is 4.90 Å². The first-order valence-corrected chi connectivity index (χ1v) is 14.4. The SMILES string of the molecule is CCOC(=O)CN(C(=O)c1ccccc1F)c1ccc(NC(=O)c2ccc(N3CCN(C(=O)OC(C)(C)C)CC3)cc2)cc1. The van der Waals surface area contributed by atoms with Crippen molar-refractivity contribution < 1.29 is 33.0 Å². The predicted octanol–water partition coefficient (Wildman–Crippen LogP) is 5.35. The van der Waals surface area contributed by atoms with Crippen LogP contribution in [0.2, 0.25) is 0 Å². The Balaban J connectivity index is 1.38. The lowest BCUT2D eigenvalue weighted by molar-refractivity contribution is -0.141. The van der Waals surface area contributed by atoms with Gasteiger partial charge in [0, 0.05) is 48.8 Å². The van der Waals surface area contributed by atoms with Gasteiger partial charge in [-0.2, -0.15) is 0 Å². The van der Waals surface area contributed by atoms with Gasteiger partial charge < -0.3 is 24.6 Å². The monoisotopic (exact) mass is 604 g/mol. The van der Waals surface area contributed by atoms with Gasteiger partial charge in [-0.1, -0.05) is 12.1 Å². The van der Waals surface area contributed by atoms with Crippen LogP contribution in [-0.4, -0.2) is 73.7 Å². The topological polar surface area (TPSA) is 108 Å². The summed E-state index contributed by atoms with van der Waals surface area (Å²) in [6.07, 6.45) is -0.319. The molecule has 1 aliphatic heterocycles. The van der Waals surface area contributed by atoms with E-state index in [1.165, 1.54) is 24.3 Å². The van der Waals surface area contributed by atoms with Crippen LogP contribution in [0, 0.1) is 5.82 Å². The number of rotatable bonds is 8. The molecule has 3 aromatic rings. The van der Waals surface area contributed by atoms with E-state index in [9.17, 15) is 23.6 Å². The summed E-state index contributed by atoms with van der Waals surface area (Å²) in [7, 11) is 0. The van der Waals surface area contributed by atoms with E-state index in [1.54, 1.807) is 48.2 Å². The number of ether oxygens (including phenoxy) is 2. The number of nitrogens with one attached hydrogen (secondary N) is 1. The smallest absolute Gasteiger partial charge is 0.410 e. The Morgan fingerprint density at radius 1 is 0.886 bits per heavy atom. The second-order valence-corrected chi connectivity index (χ2v) is 11.2. The van der Waals surface area contributed by atoms with E-state index in [2.05, 4.69) is 10.2 Å². The van der Waals surface area contributed by atoms with Crippen molar-refractivity contribution in [2.45, 2.75) is 33.3 Å². The van der Waals surface area contributed by atoms with Gasteiger partial charge in [0.1, 0.15) is 18.0 Å². The number of amides is 3. The summed E-state index contributed by atoms with van der Waals surface area (Å²) in [6.45, 7) is 9.27. The molecule has 10 nitrogen and oxygen atoms in total. The highest BCUT2D eigenvalue weighted by Crippen LogP contribution is 2.23. The Morgan fingerprint density at radius 2 is 1.52 bits per heavy atom. The van der Waals surface area contributed by atoms with Crippen LogP contribution < -0.4 is 15.1 Å². The number of benzene rings is 3. The van der Waals surface area contributed by atoms with E-state index in [-0.39, 0.29) is 24.2 Å². The Bertz CT molecular complexity index is 1480. The number of hydrogen-bond donors (Lipinski definition) is 1. The van der Waals surface area contributed by atoms with Crippen molar-refractivity contribution in [2.75, 3.05) is 54.4 Å². The molecule has 0 aromatic heterocycles. The average Bonchev–Trinajstić information content (AvgIpc) is 3.00. The third-order valence-corrected chi connectivity index (χ3v) is 6.80. The number of esters is 1. The molecule has 44 heavy (non-hydrogen) atoms. The molecular weight excluding hydrogens is 567 g/mol. The Morgan fingerprint density at radius 3 is 2.11 bits per heavy atom. The highest BCUT2D eigenvalue weighted by atomic mass is 19.1. The summed E-state index contributed by atoms with van der Waals surface area (Å²) >= 11 is 0. The highest BCUT2D eigenvalue weighted by molar-refractivity contribution is 6.09. The molecule has 1 heterocycles. The third kappa shape index (κ3) is 8.33. The predicted molar refractivity (Wildman–Crippen MR) is 166 cm³/mol. The Kier molecular flexibility index (Phi) is 10.2. The van der Waals surface area contributed by atoms with Crippen LogP contribution in [0.4, 0.5) is 26.2 Å². The summed E-state index contributed by atoms with van der Waals surface area (Å²) < 4.78 is 24.8. The number of piperazine rings is 1. The fourth-order valence-electron chi connectivity index (χ4n) is 4.62. The van der Waals surface area contributed by atoms with E-state index in [4.69, 9.17) is 9.47 Å². The fourth-order valence-corrected chi connectivity index (χ4v) is 4.62. The molecule has 0 aliphatic carbocycles. The van der Waals surface area contributed by atoms with Gasteiger partial charge in [-0.3, -0.25) is 19.3 Å². The zero-order chi connectivity index (χ0) is 31.9. The molecule has 1 saturated heterocycles. The average molecular weight is 605 g/mol. The van der Waals surface area contributed by atoms with Crippen molar-refractivity contribution >= 4 is 40.9 Å². The largest absolute Gasteiger partial charge is 0.465 e. The van der Waals surface area contributed by atoms with E-state index in [0.29, 0.717) is 43.1 Å². The van der Waals surface area contributed by atoms with Crippen LogP contribution in [0.1, 0.15) is 48.4 Å². The van der Waals surface area contributed by atoms with Gasteiger partial charge >= 0.3 is 12.1 Å². The van der Waals surface area contributed by atoms with Gasteiger partial charge in [0.25, 0.3) is 11.8 Å². The minimum absolute atomic E-state index is 0.136. The quantitative estimate of drug-likeness (QED) is 0.346. The number of carbonyl (C=O) groups is 4. The standard InChI is InChI=1S/C33H37FN4O6/c1-5-43-29(39)22-38(31(41)27-8-6-7-9-28(27)34)26-16-12-24(13-17-26)35-30(40)23-10-14-25(15-11-23)36-18-20-37(21-19-36)32(42)44-33(2,3)4/h6-17H,5,18-22H2,1-4H3,(H,35,40). The van der Waals surface area contributed by atoms with Gasteiger partial charge in [0.05, 0.1) is 12.2 Å². The minimum Gasteiger partial charge on any atom is -0.465 e. The summed E-state index contributed by atoms with van der Waals surface area (Å²) in [4.78, 5) is 55.7. The van der Waals surface area contributed by atoms with E-state index in [0.717, 1.165) is 10.6 Å². The van der Waals surface area contributed by atoms with Crippen molar-refractivity contribution in [3.63, 3.8) is 0 Å². The number of nitrogens with zero attached hydrogens (tertiary/aromatic N) is 3. The van der Waals surface area contributed by atoms with Gasteiger partial charge in [-0.15, -0.1) is 0 Å². The number of carbonyl (C=O) groups excluding carboxylic acids is 4. The maximum absolute atomic E-state index is 14.4. The van der Waals surface area contributed by atoms with Gasteiger partial charge in [0.2, 0.25) is 0 Å². The second kappa shape index (κ2) is 14.0. The summed E-state index contributed by atoms with van der Waals surface area (Å²) in [5.74, 6) is -2.36. The molecule has 232 valence electrons. The lowest BCUT2D eigenvalue weighted by Crippen LogP contribution is -2.50. The fraction of sp³-hybridized carbons (Fsp3) is 0.333. The van der Waals surface area contributed by atoms with Gasteiger partial charge in [-0.05, 0) is 88.4 Å². The molecular formula is C33H37FN4O6. The number of hydrogen-bond acceptors (Lipinski definition) is 7. The lowest BCUT2D eigenvalue weighted by Gasteiger charge is -2.36. The first-order chi connectivity index (χ1) is 20.9. The summed E-state index contributed by atoms with van der Waals surface area (Å²) in [5.41, 5.74) is 1.47. The van der Waals surface area contributed by atoms with Gasteiger partial charge in [0.15, 0.2) is 0 Å². The molecule has 4 rings (SSSR count). The van der Waals surface area contributed by atoms with Gasteiger partial charge in [-0.25, -0.2) is 9.18 Å². The number of halogens is 1. The van der Waals surface area contributed by atoms with Crippen molar-refractivity contribution in [2.24, 2.45) is 0 Å². The zero-order valence-corrected chi connectivity index (χ0v) is 25.3. The number of anilines is 3. The molecule has 0 bridgehead atoms. The molecule has 3 amide bonds. The van der Waals surface area contributed by atoms with E-state index >= 15 is 0 Å². The van der Waals surface area contributed by atoms with Crippen LogP contribution in [-0.2, 0) is 14.3 Å². The van der Waals surface area contributed by atoms with Crippen LogP contribution >= 0.6 is 0 Å². The molecule has 0 unspecified atom stereocenters. The molecule has 1 aliphatic rings. The lowest BCUT2D eigenvalue weighted by atomic mass is 10.1. The van der Waals surface area contributed by atoms with Crippen LogP contribution in [0.25, 0.3) is 0 Å². The van der Waals surface area contributed by atoms with Crippen molar-refractivity contribution in [3.8, 4) is 0 Å². The second-order valence-electron chi connectivity index (χ2n) is 11.2. The molecule has 3 aromatic carbocycles. The van der Waals surface area contributed by atoms with E-state index < -0.39 is 29.8 Å². The normalized spacial score (nSPS) is 13.2. The molecule has 0 saturated carbocycles. The Labute approximate surface area is 256 Å². The molecule has 0 atom stereocenters. The molecule has 1 fully saturated rings. The van der Waals surface area contributed by atoms with Crippen LogP contribution in [0.5, 0.6) is 0 Å². The first-order valence-electron chi connectivity index (χ1n) is 14.4. The zero-order valence-electron chi connectivity index (χ0n) is 25.3. The molecule has 1 N–H and O–H groups in total. The maximum Gasteiger partial charge on any atom is 0.410 e. The third-order valence-electron chi connectivity index (χ3n) is 6.80. The highest BCUT2D eigenvalue weighted by Gasteiger charge is 2.26. The first kappa shape index (κ1) is 32.0. The van der Waals surface area contributed by atoms with Crippen molar-refractivity contribution in [1.29, 1.82) is 0 Å². The minimum atomic E-state index is -0.704.